The van der Waals surface area contributed by atoms with Crippen molar-refractivity contribution in [2.24, 2.45) is 4.99 Å². The lowest BCUT2D eigenvalue weighted by Crippen LogP contribution is -2.43. The molecule has 2 aromatic rings. The summed E-state index contributed by atoms with van der Waals surface area (Å²) in [5, 5.41) is 6.56. The molecule has 0 heterocycles. The molecular weight excluding hydrogens is 469 g/mol. The summed E-state index contributed by atoms with van der Waals surface area (Å²) in [6, 6.07) is 16.2. The van der Waals surface area contributed by atoms with Crippen molar-refractivity contribution in [2.75, 3.05) is 27.9 Å². The molecule has 0 saturated heterocycles. The van der Waals surface area contributed by atoms with E-state index in [1.807, 2.05) is 55.5 Å². The molecule has 2 N–H and O–H groups in total. The Morgan fingerprint density at radius 1 is 1.04 bits per heavy atom. The zero-order valence-corrected chi connectivity index (χ0v) is 19.2. The maximum Gasteiger partial charge on any atom is 0.191 e. The van der Waals surface area contributed by atoms with E-state index in [0.29, 0.717) is 25.5 Å². The van der Waals surface area contributed by atoms with E-state index < -0.39 is 0 Å². The molecule has 0 aliphatic rings. The molecule has 0 bridgehead atoms. The predicted molar refractivity (Wildman–Crippen MR) is 124 cm³/mol. The second-order valence-electron chi connectivity index (χ2n) is 6.19. The highest BCUT2D eigenvalue weighted by molar-refractivity contribution is 14.0. The van der Waals surface area contributed by atoms with E-state index in [1.165, 1.54) is 0 Å². The Morgan fingerprint density at radius 2 is 1.79 bits per heavy atom. The summed E-state index contributed by atoms with van der Waals surface area (Å²) in [6.45, 7) is 3.78. The second kappa shape index (κ2) is 13.2. The minimum absolute atomic E-state index is 0. The standard InChI is InChI=1S/C21H29N3O3.HI/c1-16(14-25-3)24-21(22-2)23-13-18-10-11-19(20(12-18)26-4)27-15-17-8-6-5-7-9-17;/h5-12,16H,13-15H2,1-4H3,(H2,22,23,24);1H. The first-order chi connectivity index (χ1) is 13.2. The Labute approximate surface area is 184 Å². The molecule has 0 aliphatic heterocycles. The molecule has 0 fully saturated rings. The van der Waals surface area contributed by atoms with Crippen molar-refractivity contribution in [3.63, 3.8) is 0 Å². The molecule has 0 saturated carbocycles. The third-order valence-corrected chi connectivity index (χ3v) is 3.95. The zero-order chi connectivity index (χ0) is 19.5. The number of benzene rings is 2. The van der Waals surface area contributed by atoms with Crippen LogP contribution in [-0.2, 0) is 17.9 Å². The molecule has 1 atom stereocenters. The molecule has 28 heavy (non-hydrogen) atoms. The summed E-state index contributed by atoms with van der Waals surface area (Å²) in [5.41, 5.74) is 2.19. The van der Waals surface area contributed by atoms with Gasteiger partial charge in [-0.3, -0.25) is 4.99 Å². The van der Waals surface area contributed by atoms with Crippen LogP contribution in [0.5, 0.6) is 11.5 Å². The highest BCUT2D eigenvalue weighted by Gasteiger charge is 2.08. The first kappa shape index (κ1) is 24.0. The third-order valence-electron chi connectivity index (χ3n) is 3.95. The van der Waals surface area contributed by atoms with Gasteiger partial charge in [0.2, 0.25) is 0 Å². The Balaban J connectivity index is 0.00000392. The lowest BCUT2D eigenvalue weighted by molar-refractivity contribution is 0.179. The number of aliphatic imine (C=N–C) groups is 1. The van der Waals surface area contributed by atoms with Gasteiger partial charge < -0.3 is 24.8 Å². The van der Waals surface area contributed by atoms with Crippen LogP contribution in [0.15, 0.2) is 53.5 Å². The Bertz CT molecular complexity index is 726. The van der Waals surface area contributed by atoms with Crippen LogP contribution in [0.4, 0.5) is 0 Å². The van der Waals surface area contributed by atoms with Crippen molar-refractivity contribution in [1.29, 1.82) is 0 Å². The van der Waals surface area contributed by atoms with Crippen LogP contribution in [0.1, 0.15) is 18.1 Å². The molecule has 0 amide bonds. The monoisotopic (exact) mass is 499 g/mol. The van der Waals surface area contributed by atoms with Crippen molar-refractivity contribution < 1.29 is 14.2 Å². The third kappa shape index (κ3) is 7.93. The van der Waals surface area contributed by atoms with E-state index in [-0.39, 0.29) is 30.0 Å². The fourth-order valence-electron chi connectivity index (χ4n) is 2.58. The fourth-order valence-corrected chi connectivity index (χ4v) is 2.58. The molecule has 1 unspecified atom stereocenters. The highest BCUT2D eigenvalue weighted by atomic mass is 127. The van der Waals surface area contributed by atoms with Gasteiger partial charge in [-0.1, -0.05) is 36.4 Å². The van der Waals surface area contributed by atoms with Crippen LogP contribution >= 0.6 is 24.0 Å². The molecule has 0 radical (unpaired) electrons. The van der Waals surface area contributed by atoms with Gasteiger partial charge in [0.05, 0.1) is 13.7 Å². The van der Waals surface area contributed by atoms with E-state index in [0.717, 1.165) is 22.8 Å². The van der Waals surface area contributed by atoms with E-state index in [9.17, 15) is 0 Å². The van der Waals surface area contributed by atoms with Crippen LogP contribution in [0.2, 0.25) is 0 Å². The first-order valence-electron chi connectivity index (χ1n) is 8.96. The molecule has 0 aliphatic carbocycles. The maximum atomic E-state index is 5.90. The van der Waals surface area contributed by atoms with E-state index in [1.54, 1.807) is 21.3 Å². The van der Waals surface area contributed by atoms with Crippen LogP contribution in [0, 0.1) is 0 Å². The summed E-state index contributed by atoms with van der Waals surface area (Å²) in [7, 11) is 5.08. The van der Waals surface area contributed by atoms with Gasteiger partial charge >= 0.3 is 0 Å². The van der Waals surface area contributed by atoms with Crippen molar-refractivity contribution in [3.8, 4) is 11.5 Å². The lowest BCUT2D eigenvalue weighted by atomic mass is 10.2. The molecule has 0 aromatic heterocycles. The molecule has 6 nitrogen and oxygen atoms in total. The van der Waals surface area contributed by atoms with Crippen molar-refractivity contribution in [2.45, 2.75) is 26.1 Å². The minimum Gasteiger partial charge on any atom is -0.493 e. The van der Waals surface area contributed by atoms with E-state index in [4.69, 9.17) is 14.2 Å². The van der Waals surface area contributed by atoms with Crippen molar-refractivity contribution in [1.82, 2.24) is 10.6 Å². The van der Waals surface area contributed by atoms with Gasteiger partial charge in [0.15, 0.2) is 17.5 Å². The van der Waals surface area contributed by atoms with Gasteiger partial charge in [-0.05, 0) is 30.2 Å². The number of halogens is 1. The SMILES string of the molecule is CN=C(NCc1ccc(OCc2ccccc2)c(OC)c1)NC(C)COC.I. The minimum atomic E-state index is 0. The maximum absolute atomic E-state index is 5.90. The molecule has 2 rings (SSSR count). The smallest absolute Gasteiger partial charge is 0.191 e. The fraction of sp³-hybridized carbons (Fsp3) is 0.381. The van der Waals surface area contributed by atoms with Crippen LogP contribution < -0.4 is 20.1 Å². The van der Waals surface area contributed by atoms with Crippen LogP contribution in [0.3, 0.4) is 0 Å². The van der Waals surface area contributed by atoms with Gasteiger partial charge in [0, 0.05) is 26.7 Å². The van der Waals surface area contributed by atoms with E-state index >= 15 is 0 Å². The predicted octanol–water partition coefficient (Wildman–Crippen LogP) is 3.59. The zero-order valence-electron chi connectivity index (χ0n) is 16.9. The summed E-state index contributed by atoms with van der Waals surface area (Å²) in [5.74, 6) is 2.16. The Kier molecular flexibility index (Phi) is 11.4. The largest absolute Gasteiger partial charge is 0.493 e. The number of rotatable bonds is 9. The van der Waals surface area contributed by atoms with Crippen LogP contribution in [-0.4, -0.2) is 39.9 Å². The number of guanidine groups is 1. The highest BCUT2D eigenvalue weighted by Crippen LogP contribution is 2.28. The van der Waals surface area contributed by atoms with Crippen molar-refractivity contribution >= 4 is 29.9 Å². The summed E-state index contributed by atoms with van der Waals surface area (Å²) in [4.78, 5) is 4.23. The summed E-state index contributed by atoms with van der Waals surface area (Å²) < 4.78 is 16.5. The Morgan fingerprint density at radius 3 is 2.43 bits per heavy atom. The Hall–Kier alpha value is -2.00. The summed E-state index contributed by atoms with van der Waals surface area (Å²) in [6.07, 6.45) is 0. The second-order valence-corrected chi connectivity index (χ2v) is 6.19. The van der Waals surface area contributed by atoms with Gasteiger partial charge in [-0.2, -0.15) is 0 Å². The van der Waals surface area contributed by atoms with Gasteiger partial charge in [-0.15, -0.1) is 24.0 Å². The van der Waals surface area contributed by atoms with Crippen LogP contribution in [0.25, 0.3) is 0 Å². The molecule has 2 aromatic carbocycles. The number of ether oxygens (including phenoxy) is 3. The number of hydrogen-bond acceptors (Lipinski definition) is 4. The number of nitrogens with zero attached hydrogens (tertiary/aromatic N) is 1. The number of hydrogen-bond donors (Lipinski definition) is 2. The summed E-state index contributed by atoms with van der Waals surface area (Å²) >= 11 is 0. The van der Waals surface area contributed by atoms with Gasteiger partial charge in [-0.25, -0.2) is 0 Å². The molecule has 0 spiro atoms. The topological polar surface area (TPSA) is 64.1 Å². The number of methoxy groups -OCH3 is 2. The number of nitrogens with one attached hydrogen (secondary N) is 2. The quantitative estimate of drug-likeness (QED) is 0.314. The lowest BCUT2D eigenvalue weighted by Gasteiger charge is -2.18. The average Bonchev–Trinajstić information content (AvgIpc) is 2.70. The van der Waals surface area contributed by atoms with Gasteiger partial charge in [0.1, 0.15) is 6.61 Å². The molecular formula is C21H30IN3O3. The normalized spacial score (nSPS) is 11.9. The van der Waals surface area contributed by atoms with E-state index in [2.05, 4.69) is 15.6 Å². The first-order valence-corrected chi connectivity index (χ1v) is 8.96. The molecule has 7 heteroatoms. The average molecular weight is 499 g/mol. The molecule has 154 valence electrons. The van der Waals surface area contributed by atoms with Gasteiger partial charge in [0.25, 0.3) is 0 Å². The van der Waals surface area contributed by atoms with Crippen molar-refractivity contribution in [3.05, 3.63) is 59.7 Å².